The fourth-order valence-corrected chi connectivity index (χ4v) is 0.298. The van der Waals surface area contributed by atoms with Crippen LogP contribution in [-0.4, -0.2) is 26.5 Å². The van der Waals surface area contributed by atoms with Crippen LogP contribution in [0, 0.1) is 0 Å². The minimum absolute atomic E-state index is 0.340. The zero-order valence-corrected chi connectivity index (χ0v) is 5.39. The van der Waals surface area contributed by atoms with E-state index in [0.29, 0.717) is 0 Å². The van der Waals surface area contributed by atoms with Gasteiger partial charge in [-0.05, 0) is 0 Å². The summed E-state index contributed by atoms with van der Waals surface area (Å²) in [7, 11) is 2.39. The number of methoxy groups -OCH3 is 2. The first-order chi connectivity index (χ1) is 4.20. The van der Waals surface area contributed by atoms with Gasteiger partial charge < -0.3 is 9.47 Å². The monoisotopic (exact) mass is 136 g/mol. The van der Waals surface area contributed by atoms with E-state index < -0.39 is 12.3 Å². The Morgan fingerprint density at radius 2 is 2.22 bits per heavy atom. The molecule has 0 aliphatic carbocycles. The molecule has 0 saturated heterocycles. The maximum absolute atomic E-state index is 12.0. The summed E-state index contributed by atoms with van der Waals surface area (Å²) in [6.07, 6.45) is -1.88. The van der Waals surface area contributed by atoms with Crippen LogP contribution in [0.4, 0.5) is 4.39 Å². The first-order valence-electron chi connectivity index (χ1n) is 2.44. The number of hydrogen-bond donors (Lipinski definition) is 0. The van der Waals surface area contributed by atoms with Gasteiger partial charge in [0, 0.05) is 7.11 Å². The lowest BCUT2D eigenvalue weighted by Crippen LogP contribution is -2.11. The minimum Gasteiger partial charge on any atom is -0.469 e. The van der Waals surface area contributed by atoms with Crippen molar-refractivity contribution in [1.29, 1.82) is 0 Å². The summed E-state index contributed by atoms with van der Waals surface area (Å²) in [6.45, 7) is 0. The lowest BCUT2D eigenvalue weighted by Gasteiger charge is -2.02. The molecule has 1 unspecified atom stereocenters. The molecular formula is C5H9FO3. The standard InChI is InChI=1S/C5H9FO3/c1-8-4(6)3-5(7)9-2/h4H,3H2,1-2H3. The maximum Gasteiger partial charge on any atom is 0.310 e. The average molecular weight is 136 g/mol. The number of carbonyl (C=O) groups is 1. The molecule has 0 aliphatic heterocycles. The van der Waals surface area contributed by atoms with E-state index in [2.05, 4.69) is 9.47 Å². The highest BCUT2D eigenvalue weighted by atomic mass is 19.1. The van der Waals surface area contributed by atoms with Gasteiger partial charge in [-0.15, -0.1) is 0 Å². The molecule has 0 spiro atoms. The van der Waals surface area contributed by atoms with Gasteiger partial charge in [0.2, 0.25) is 6.36 Å². The van der Waals surface area contributed by atoms with E-state index in [1.165, 1.54) is 14.2 Å². The van der Waals surface area contributed by atoms with E-state index in [4.69, 9.17) is 0 Å². The summed E-state index contributed by atoms with van der Waals surface area (Å²) in [6, 6.07) is 0. The number of hydrogen-bond acceptors (Lipinski definition) is 3. The molecule has 0 rings (SSSR count). The van der Waals surface area contributed by atoms with E-state index >= 15 is 0 Å². The van der Waals surface area contributed by atoms with E-state index in [9.17, 15) is 9.18 Å². The summed E-state index contributed by atoms with van der Waals surface area (Å²) in [5, 5.41) is 0. The Labute approximate surface area is 52.8 Å². The van der Waals surface area contributed by atoms with E-state index in [1.807, 2.05) is 0 Å². The second kappa shape index (κ2) is 4.26. The van der Waals surface area contributed by atoms with Crippen LogP contribution in [0.1, 0.15) is 6.42 Å². The minimum atomic E-state index is -1.54. The smallest absolute Gasteiger partial charge is 0.310 e. The number of halogens is 1. The van der Waals surface area contributed by atoms with E-state index in [-0.39, 0.29) is 6.42 Å². The Morgan fingerprint density at radius 1 is 1.67 bits per heavy atom. The van der Waals surface area contributed by atoms with Gasteiger partial charge in [-0.2, -0.15) is 0 Å². The van der Waals surface area contributed by atoms with E-state index in [1.54, 1.807) is 0 Å². The van der Waals surface area contributed by atoms with Gasteiger partial charge in [-0.1, -0.05) is 0 Å². The summed E-state index contributed by atoms with van der Waals surface area (Å²) < 4.78 is 20.4. The highest BCUT2D eigenvalue weighted by molar-refractivity contribution is 5.69. The van der Waals surface area contributed by atoms with Crippen molar-refractivity contribution in [3.05, 3.63) is 0 Å². The lowest BCUT2D eigenvalue weighted by molar-refractivity contribution is -0.146. The molecule has 0 radical (unpaired) electrons. The van der Waals surface area contributed by atoms with Crippen molar-refractivity contribution in [2.24, 2.45) is 0 Å². The lowest BCUT2D eigenvalue weighted by atomic mass is 10.4. The van der Waals surface area contributed by atoms with E-state index in [0.717, 1.165) is 0 Å². The molecule has 0 aromatic rings. The largest absolute Gasteiger partial charge is 0.469 e. The molecule has 1 atom stereocenters. The number of rotatable bonds is 3. The van der Waals surface area contributed by atoms with Gasteiger partial charge in [0.15, 0.2) is 0 Å². The molecule has 3 nitrogen and oxygen atoms in total. The molecular weight excluding hydrogens is 127 g/mol. The topological polar surface area (TPSA) is 35.5 Å². The van der Waals surface area contributed by atoms with Crippen LogP contribution in [0.25, 0.3) is 0 Å². The molecule has 0 aliphatic rings. The predicted molar refractivity (Wildman–Crippen MR) is 28.5 cm³/mol. The highest BCUT2D eigenvalue weighted by Gasteiger charge is 2.10. The Balaban J connectivity index is 3.34. The summed E-state index contributed by atoms with van der Waals surface area (Å²) in [5.41, 5.74) is 0. The molecule has 9 heavy (non-hydrogen) atoms. The van der Waals surface area contributed by atoms with Gasteiger partial charge in [-0.3, -0.25) is 4.79 Å². The second-order valence-corrected chi connectivity index (χ2v) is 1.43. The van der Waals surface area contributed by atoms with Crippen LogP contribution in [0.15, 0.2) is 0 Å². The summed E-state index contributed by atoms with van der Waals surface area (Å²) >= 11 is 0. The summed E-state index contributed by atoms with van der Waals surface area (Å²) in [4.78, 5) is 10.2. The van der Waals surface area contributed by atoms with Crippen LogP contribution < -0.4 is 0 Å². The van der Waals surface area contributed by atoms with Crippen molar-refractivity contribution < 1.29 is 18.7 Å². The third-order valence-corrected chi connectivity index (χ3v) is 0.811. The van der Waals surface area contributed by atoms with Crippen LogP contribution in [0.2, 0.25) is 0 Å². The van der Waals surface area contributed by atoms with Crippen molar-refractivity contribution in [3.63, 3.8) is 0 Å². The van der Waals surface area contributed by atoms with Crippen molar-refractivity contribution in [1.82, 2.24) is 0 Å². The van der Waals surface area contributed by atoms with Crippen LogP contribution in [0.5, 0.6) is 0 Å². The van der Waals surface area contributed by atoms with Crippen LogP contribution >= 0.6 is 0 Å². The highest BCUT2D eigenvalue weighted by Crippen LogP contribution is 1.98. The molecule has 0 saturated carbocycles. The summed E-state index contributed by atoms with van der Waals surface area (Å²) in [5.74, 6) is -0.607. The molecule has 0 amide bonds. The fourth-order valence-electron chi connectivity index (χ4n) is 0.298. The Kier molecular flexibility index (Phi) is 3.96. The molecule has 0 heterocycles. The maximum atomic E-state index is 12.0. The first kappa shape index (κ1) is 8.36. The van der Waals surface area contributed by atoms with Gasteiger partial charge in [-0.25, -0.2) is 4.39 Å². The Hall–Kier alpha value is -0.640. The molecule has 0 aromatic heterocycles. The third kappa shape index (κ3) is 3.90. The normalized spacial score (nSPS) is 12.8. The van der Waals surface area contributed by atoms with Crippen molar-refractivity contribution in [3.8, 4) is 0 Å². The zero-order chi connectivity index (χ0) is 7.28. The van der Waals surface area contributed by atoms with Gasteiger partial charge >= 0.3 is 5.97 Å². The van der Waals surface area contributed by atoms with Crippen molar-refractivity contribution in [2.45, 2.75) is 12.8 Å². The van der Waals surface area contributed by atoms with Gasteiger partial charge in [0.25, 0.3) is 0 Å². The zero-order valence-electron chi connectivity index (χ0n) is 5.39. The average Bonchev–Trinajstić information content (AvgIpc) is 1.87. The van der Waals surface area contributed by atoms with Gasteiger partial charge in [0.1, 0.15) is 6.42 Å². The number of alkyl halides is 1. The molecule has 0 aromatic carbocycles. The molecule has 0 bridgehead atoms. The Bertz CT molecular complexity index is 94.2. The molecule has 4 heteroatoms. The van der Waals surface area contributed by atoms with Crippen LogP contribution in [-0.2, 0) is 14.3 Å². The molecule has 0 fully saturated rings. The molecule has 54 valence electrons. The predicted octanol–water partition coefficient (Wildman–Crippen LogP) is 0.491. The third-order valence-electron chi connectivity index (χ3n) is 0.811. The number of carbonyl (C=O) groups excluding carboxylic acids is 1. The quantitative estimate of drug-likeness (QED) is 0.530. The fraction of sp³-hybridized carbons (Fsp3) is 0.800. The SMILES string of the molecule is COC(=O)CC(F)OC. The number of ether oxygens (including phenoxy) is 2. The number of esters is 1. The van der Waals surface area contributed by atoms with Crippen LogP contribution in [0.3, 0.4) is 0 Å². The molecule has 0 N–H and O–H groups in total. The van der Waals surface area contributed by atoms with Gasteiger partial charge in [0.05, 0.1) is 7.11 Å². The Morgan fingerprint density at radius 3 is 2.56 bits per heavy atom. The first-order valence-corrected chi connectivity index (χ1v) is 2.44. The second-order valence-electron chi connectivity index (χ2n) is 1.43. The van der Waals surface area contributed by atoms with Crippen molar-refractivity contribution in [2.75, 3.05) is 14.2 Å². The van der Waals surface area contributed by atoms with Crippen molar-refractivity contribution >= 4 is 5.97 Å².